The van der Waals surface area contributed by atoms with Crippen LogP contribution in [-0.2, 0) is 4.79 Å². The molecule has 0 saturated carbocycles. The van der Waals surface area contributed by atoms with Crippen molar-refractivity contribution < 1.29 is 4.79 Å². The van der Waals surface area contributed by atoms with Gasteiger partial charge >= 0.3 is 0 Å². The minimum absolute atomic E-state index is 0.0951. The van der Waals surface area contributed by atoms with Gasteiger partial charge in [0.1, 0.15) is 0 Å². The molecular formula is C24H24N2OS. The van der Waals surface area contributed by atoms with E-state index in [1.807, 2.05) is 24.3 Å². The summed E-state index contributed by atoms with van der Waals surface area (Å²) in [5, 5.41) is 6.49. The van der Waals surface area contributed by atoms with Gasteiger partial charge in [-0.3, -0.25) is 4.79 Å². The van der Waals surface area contributed by atoms with Crippen LogP contribution in [0.1, 0.15) is 41.2 Å². The molecule has 1 amide bonds. The molecule has 0 saturated heterocycles. The first-order valence-corrected chi connectivity index (χ1v) is 10.5. The van der Waals surface area contributed by atoms with Gasteiger partial charge in [0, 0.05) is 40.9 Å². The largest absolute Gasteiger partial charge is 0.361 e. The maximum Gasteiger partial charge on any atom is 0.220 e. The van der Waals surface area contributed by atoms with E-state index < -0.39 is 0 Å². The summed E-state index contributed by atoms with van der Waals surface area (Å²) in [4.78, 5) is 17.2. The van der Waals surface area contributed by atoms with Crippen LogP contribution in [0.2, 0.25) is 0 Å². The number of H-pyrrole nitrogens is 1. The normalized spacial score (nSPS) is 13.3. The van der Waals surface area contributed by atoms with Gasteiger partial charge in [-0.05, 0) is 34.6 Å². The quantitative estimate of drug-likeness (QED) is 0.421. The van der Waals surface area contributed by atoms with Crippen LogP contribution in [-0.4, -0.2) is 17.4 Å². The van der Waals surface area contributed by atoms with E-state index >= 15 is 0 Å². The Labute approximate surface area is 169 Å². The molecule has 0 fully saturated rings. The third-order valence-electron chi connectivity index (χ3n) is 5.25. The van der Waals surface area contributed by atoms with Crippen LogP contribution in [0.5, 0.6) is 0 Å². The molecule has 2 aromatic carbocycles. The highest BCUT2D eigenvalue weighted by molar-refractivity contribution is 7.10. The number of nitrogens with one attached hydrogen (secondary N) is 2. The Balaban J connectivity index is 1.49. The minimum Gasteiger partial charge on any atom is -0.361 e. The van der Waals surface area contributed by atoms with Gasteiger partial charge in [0.25, 0.3) is 0 Å². The fraction of sp³-hybridized carbons (Fsp3) is 0.208. The average Bonchev–Trinajstić information content (AvgIpc) is 3.40. The summed E-state index contributed by atoms with van der Waals surface area (Å²) < 4.78 is 0. The van der Waals surface area contributed by atoms with Crippen molar-refractivity contribution in [2.24, 2.45) is 0 Å². The van der Waals surface area contributed by atoms with Gasteiger partial charge in [0.05, 0.1) is 0 Å². The Morgan fingerprint density at radius 3 is 2.61 bits per heavy atom. The van der Waals surface area contributed by atoms with Crippen molar-refractivity contribution >= 4 is 28.1 Å². The minimum atomic E-state index is 0.0951. The summed E-state index contributed by atoms with van der Waals surface area (Å²) in [6.07, 6.45) is 2.57. The van der Waals surface area contributed by atoms with Crippen LogP contribution in [0.25, 0.3) is 10.9 Å². The molecule has 2 unspecified atom stereocenters. The maximum absolute atomic E-state index is 12.6. The van der Waals surface area contributed by atoms with Crippen LogP contribution in [0.4, 0.5) is 0 Å². The van der Waals surface area contributed by atoms with Crippen LogP contribution < -0.4 is 5.32 Å². The van der Waals surface area contributed by atoms with Gasteiger partial charge in [-0.15, -0.1) is 11.3 Å². The first-order chi connectivity index (χ1) is 13.7. The number of hydrogen-bond acceptors (Lipinski definition) is 2. The van der Waals surface area contributed by atoms with Crippen LogP contribution in [0, 0.1) is 0 Å². The number of para-hydroxylation sites is 1. The van der Waals surface area contributed by atoms with Gasteiger partial charge in [-0.2, -0.15) is 0 Å². The van der Waals surface area contributed by atoms with Gasteiger partial charge in [-0.25, -0.2) is 0 Å². The average molecular weight is 389 g/mol. The summed E-state index contributed by atoms with van der Waals surface area (Å²) in [7, 11) is 0. The number of amides is 1. The van der Waals surface area contributed by atoms with Crippen molar-refractivity contribution in [3.05, 3.63) is 94.3 Å². The lowest BCUT2D eigenvalue weighted by molar-refractivity contribution is -0.121. The molecule has 2 aromatic heterocycles. The molecule has 28 heavy (non-hydrogen) atoms. The van der Waals surface area contributed by atoms with E-state index in [1.165, 1.54) is 21.4 Å². The topological polar surface area (TPSA) is 44.9 Å². The maximum atomic E-state index is 12.6. The lowest BCUT2D eigenvalue weighted by Crippen LogP contribution is -2.29. The molecule has 0 aliphatic heterocycles. The van der Waals surface area contributed by atoms with E-state index in [-0.39, 0.29) is 17.7 Å². The first-order valence-electron chi connectivity index (χ1n) is 9.63. The second kappa shape index (κ2) is 8.44. The Kier molecular flexibility index (Phi) is 5.58. The highest BCUT2D eigenvalue weighted by Crippen LogP contribution is 2.33. The molecule has 2 heterocycles. The number of carbonyl (C=O) groups excluding carboxylic acids is 1. The molecule has 4 rings (SSSR count). The Bertz CT molecular complexity index is 1040. The zero-order chi connectivity index (χ0) is 19.3. The molecule has 4 aromatic rings. The molecule has 3 nitrogen and oxygen atoms in total. The molecule has 0 aliphatic rings. The summed E-state index contributed by atoms with van der Waals surface area (Å²) in [5.74, 6) is 0.444. The molecule has 0 bridgehead atoms. The summed E-state index contributed by atoms with van der Waals surface area (Å²) in [6, 6.07) is 22.8. The van der Waals surface area contributed by atoms with E-state index in [1.54, 1.807) is 11.3 Å². The zero-order valence-electron chi connectivity index (χ0n) is 15.9. The highest BCUT2D eigenvalue weighted by atomic mass is 32.1. The fourth-order valence-electron chi connectivity index (χ4n) is 3.70. The van der Waals surface area contributed by atoms with Gasteiger partial charge < -0.3 is 10.3 Å². The van der Waals surface area contributed by atoms with Crippen molar-refractivity contribution in [1.29, 1.82) is 0 Å². The van der Waals surface area contributed by atoms with Crippen molar-refractivity contribution in [3.8, 4) is 0 Å². The lowest BCUT2D eigenvalue weighted by atomic mass is 9.95. The standard InChI is InChI=1S/C24H24N2OS/c1-17(18-8-3-2-4-9-18)14-24(27)26-16-21(23-12-7-13-28-23)20-15-25-22-11-6-5-10-19(20)22/h2-13,15,17,21,25H,14,16H2,1H3,(H,26,27). The molecule has 4 heteroatoms. The predicted octanol–water partition coefficient (Wildman–Crippen LogP) is 5.67. The van der Waals surface area contributed by atoms with E-state index in [0.717, 1.165) is 5.52 Å². The lowest BCUT2D eigenvalue weighted by Gasteiger charge is -2.18. The van der Waals surface area contributed by atoms with Crippen molar-refractivity contribution in [2.45, 2.75) is 25.2 Å². The van der Waals surface area contributed by atoms with Gasteiger partial charge in [0.15, 0.2) is 0 Å². The second-order valence-corrected chi connectivity index (χ2v) is 8.16. The van der Waals surface area contributed by atoms with Gasteiger partial charge in [0.2, 0.25) is 5.91 Å². The van der Waals surface area contributed by atoms with E-state index in [2.05, 4.69) is 71.3 Å². The van der Waals surface area contributed by atoms with Crippen LogP contribution in [0.3, 0.4) is 0 Å². The molecule has 0 spiro atoms. The van der Waals surface area contributed by atoms with Crippen molar-refractivity contribution in [2.75, 3.05) is 6.54 Å². The Morgan fingerprint density at radius 1 is 1.04 bits per heavy atom. The second-order valence-electron chi connectivity index (χ2n) is 7.18. The third kappa shape index (κ3) is 4.02. The predicted molar refractivity (Wildman–Crippen MR) is 117 cm³/mol. The monoisotopic (exact) mass is 388 g/mol. The molecule has 142 valence electrons. The van der Waals surface area contributed by atoms with Crippen molar-refractivity contribution in [3.63, 3.8) is 0 Å². The van der Waals surface area contributed by atoms with Crippen LogP contribution >= 0.6 is 11.3 Å². The molecule has 0 aliphatic carbocycles. The number of carbonyl (C=O) groups is 1. The SMILES string of the molecule is CC(CC(=O)NCC(c1cccs1)c1c[nH]c2ccccc12)c1ccccc1. The Hall–Kier alpha value is -2.85. The molecular weight excluding hydrogens is 364 g/mol. The number of hydrogen-bond donors (Lipinski definition) is 2. The highest BCUT2D eigenvalue weighted by Gasteiger charge is 2.20. The van der Waals surface area contributed by atoms with Gasteiger partial charge in [-0.1, -0.05) is 61.5 Å². The van der Waals surface area contributed by atoms with Crippen LogP contribution in [0.15, 0.2) is 78.3 Å². The zero-order valence-corrected chi connectivity index (χ0v) is 16.7. The number of fused-ring (bicyclic) bond motifs is 1. The number of aromatic amines is 1. The van der Waals surface area contributed by atoms with E-state index in [0.29, 0.717) is 13.0 Å². The number of aromatic nitrogens is 1. The van der Waals surface area contributed by atoms with Crippen molar-refractivity contribution in [1.82, 2.24) is 10.3 Å². The number of rotatable bonds is 7. The number of thiophene rings is 1. The Morgan fingerprint density at radius 2 is 1.82 bits per heavy atom. The summed E-state index contributed by atoms with van der Waals surface area (Å²) in [5.41, 5.74) is 3.56. The molecule has 2 N–H and O–H groups in total. The summed E-state index contributed by atoms with van der Waals surface area (Å²) in [6.45, 7) is 2.70. The molecule has 0 radical (unpaired) electrons. The fourth-order valence-corrected chi connectivity index (χ4v) is 4.55. The van der Waals surface area contributed by atoms with E-state index in [9.17, 15) is 4.79 Å². The molecule has 2 atom stereocenters. The van der Waals surface area contributed by atoms with E-state index in [4.69, 9.17) is 0 Å². The smallest absolute Gasteiger partial charge is 0.220 e. The first kappa shape index (κ1) is 18.5. The third-order valence-corrected chi connectivity index (χ3v) is 6.23. The number of benzene rings is 2. The summed E-state index contributed by atoms with van der Waals surface area (Å²) >= 11 is 1.74.